The molecule has 2 unspecified atom stereocenters. The number of aromatic nitrogens is 2. The SMILES string of the molecule is CC1CCN(C(=O)CCn2cc([N+](=O)[O-])cn2)C(C(=O)O)C1. The van der Waals surface area contributed by atoms with E-state index in [1.807, 2.05) is 6.92 Å². The maximum absolute atomic E-state index is 12.2. The number of hydrogen-bond acceptors (Lipinski definition) is 5. The second-order valence-electron chi connectivity index (χ2n) is 5.54. The molecule has 0 bridgehead atoms. The molecule has 9 nitrogen and oxygen atoms in total. The highest BCUT2D eigenvalue weighted by Gasteiger charge is 2.34. The van der Waals surface area contributed by atoms with Gasteiger partial charge in [-0.15, -0.1) is 0 Å². The van der Waals surface area contributed by atoms with Gasteiger partial charge in [-0.2, -0.15) is 5.10 Å². The second kappa shape index (κ2) is 6.54. The van der Waals surface area contributed by atoms with Gasteiger partial charge >= 0.3 is 11.7 Å². The Morgan fingerprint density at radius 3 is 2.86 bits per heavy atom. The quantitative estimate of drug-likeness (QED) is 0.637. The predicted octanol–water partition coefficient (Wildman–Crippen LogP) is 0.893. The zero-order chi connectivity index (χ0) is 16.3. The number of aryl methyl sites for hydroxylation is 1. The van der Waals surface area contributed by atoms with Crippen molar-refractivity contribution in [3.63, 3.8) is 0 Å². The molecule has 1 N–H and O–H groups in total. The first-order valence-corrected chi connectivity index (χ1v) is 7.07. The number of amides is 1. The molecule has 1 aromatic rings. The van der Waals surface area contributed by atoms with E-state index in [9.17, 15) is 24.8 Å². The van der Waals surface area contributed by atoms with Crippen LogP contribution in [0.25, 0.3) is 0 Å². The molecule has 2 atom stereocenters. The Balaban J connectivity index is 1.95. The van der Waals surface area contributed by atoms with Gasteiger partial charge in [-0.3, -0.25) is 19.6 Å². The number of piperidine rings is 1. The molecule has 0 saturated carbocycles. The average molecular weight is 310 g/mol. The third-order valence-electron chi connectivity index (χ3n) is 3.86. The first-order chi connectivity index (χ1) is 10.4. The number of carboxylic acid groups (broad SMARTS) is 1. The van der Waals surface area contributed by atoms with Crippen molar-refractivity contribution >= 4 is 17.6 Å². The third-order valence-corrected chi connectivity index (χ3v) is 3.86. The molecule has 1 amide bonds. The molecule has 0 radical (unpaired) electrons. The Morgan fingerprint density at radius 1 is 1.55 bits per heavy atom. The molecule has 0 aromatic carbocycles. The summed E-state index contributed by atoms with van der Waals surface area (Å²) >= 11 is 0. The van der Waals surface area contributed by atoms with Crippen LogP contribution in [0, 0.1) is 16.0 Å². The maximum Gasteiger partial charge on any atom is 0.326 e. The van der Waals surface area contributed by atoms with Gasteiger partial charge < -0.3 is 10.0 Å². The van der Waals surface area contributed by atoms with Crippen LogP contribution in [0.4, 0.5) is 5.69 Å². The Bertz CT molecular complexity index is 585. The van der Waals surface area contributed by atoms with Crippen LogP contribution in [0.5, 0.6) is 0 Å². The lowest BCUT2D eigenvalue weighted by Gasteiger charge is -2.36. The Labute approximate surface area is 126 Å². The van der Waals surface area contributed by atoms with E-state index in [1.54, 1.807) is 0 Å². The molecule has 1 aromatic heterocycles. The summed E-state index contributed by atoms with van der Waals surface area (Å²) in [6.07, 6.45) is 3.67. The van der Waals surface area contributed by atoms with E-state index in [1.165, 1.54) is 15.8 Å². The number of likely N-dealkylation sites (tertiary alicyclic amines) is 1. The fraction of sp³-hybridized carbons (Fsp3) is 0.615. The molecular formula is C13H18N4O5. The van der Waals surface area contributed by atoms with Crippen molar-refractivity contribution in [2.24, 2.45) is 5.92 Å². The molecule has 0 aliphatic carbocycles. The molecule has 1 saturated heterocycles. The van der Waals surface area contributed by atoms with E-state index in [0.29, 0.717) is 13.0 Å². The first-order valence-electron chi connectivity index (χ1n) is 7.07. The fourth-order valence-electron chi connectivity index (χ4n) is 2.60. The van der Waals surface area contributed by atoms with Crippen molar-refractivity contribution in [3.05, 3.63) is 22.5 Å². The number of aliphatic carboxylic acids is 1. The van der Waals surface area contributed by atoms with Gasteiger partial charge in [-0.1, -0.05) is 6.92 Å². The van der Waals surface area contributed by atoms with Crippen LogP contribution < -0.4 is 0 Å². The van der Waals surface area contributed by atoms with Gasteiger partial charge in [0.1, 0.15) is 18.4 Å². The Kier molecular flexibility index (Phi) is 4.74. The molecule has 1 aliphatic rings. The van der Waals surface area contributed by atoms with Crippen LogP contribution >= 0.6 is 0 Å². The minimum atomic E-state index is -0.991. The number of nitrogens with zero attached hydrogens (tertiary/aromatic N) is 4. The van der Waals surface area contributed by atoms with Gasteiger partial charge in [0.05, 0.1) is 4.92 Å². The van der Waals surface area contributed by atoms with Crippen LogP contribution in [-0.4, -0.2) is 49.2 Å². The minimum Gasteiger partial charge on any atom is -0.480 e. The van der Waals surface area contributed by atoms with Crippen molar-refractivity contribution in [1.82, 2.24) is 14.7 Å². The number of carbonyl (C=O) groups excluding carboxylic acids is 1. The van der Waals surface area contributed by atoms with Crippen LogP contribution in [0.1, 0.15) is 26.2 Å². The van der Waals surface area contributed by atoms with Crippen LogP contribution in [0.3, 0.4) is 0 Å². The number of rotatable bonds is 5. The minimum absolute atomic E-state index is 0.0665. The summed E-state index contributed by atoms with van der Waals surface area (Å²) in [6, 6.07) is -0.789. The van der Waals surface area contributed by atoms with Crippen molar-refractivity contribution < 1.29 is 19.6 Å². The van der Waals surface area contributed by atoms with E-state index in [-0.39, 0.29) is 30.5 Å². The van der Waals surface area contributed by atoms with Crippen LogP contribution in [0.15, 0.2) is 12.4 Å². The molecule has 22 heavy (non-hydrogen) atoms. The Morgan fingerprint density at radius 2 is 2.27 bits per heavy atom. The van der Waals surface area contributed by atoms with Gasteiger partial charge in [0.2, 0.25) is 5.91 Å². The molecule has 1 fully saturated rings. The summed E-state index contributed by atoms with van der Waals surface area (Å²) in [5.74, 6) is -0.981. The monoisotopic (exact) mass is 310 g/mol. The largest absolute Gasteiger partial charge is 0.480 e. The average Bonchev–Trinajstić information content (AvgIpc) is 2.93. The van der Waals surface area contributed by atoms with Crippen molar-refractivity contribution in [3.8, 4) is 0 Å². The molecule has 0 spiro atoms. The van der Waals surface area contributed by atoms with Crippen LogP contribution in [0.2, 0.25) is 0 Å². The van der Waals surface area contributed by atoms with E-state index in [2.05, 4.69) is 5.10 Å². The number of nitro groups is 1. The highest BCUT2D eigenvalue weighted by Crippen LogP contribution is 2.23. The van der Waals surface area contributed by atoms with E-state index in [0.717, 1.165) is 12.6 Å². The smallest absolute Gasteiger partial charge is 0.326 e. The highest BCUT2D eigenvalue weighted by atomic mass is 16.6. The van der Waals surface area contributed by atoms with Crippen molar-refractivity contribution in [2.75, 3.05) is 6.54 Å². The summed E-state index contributed by atoms with van der Waals surface area (Å²) in [4.78, 5) is 34.9. The third kappa shape index (κ3) is 3.60. The summed E-state index contributed by atoms with van der Waals surface area (Å²) in [6.45, 7) is 2.59. The number of carboxylic acids is 1. The second-order valence-corrected chi connectivity index (χ2v) is 5.54. The standard InChI is InChI=1S/C13H18N4O5/c1-9-2-5-16(11(6-9)13(19)20)12(18)3-4-15-8-10(7-14-15)17(21)22/h7-9,11H,2-6H2,1H3,(H,19,20). The number of carbonyl (C=O) groups is 2. The van der Waals surface area contributed by atoms with E-state index >= 15 is 0 Å². The zero-order valence-corrected chi connectivity index (χ0v) is 12.2. The lowest BCUT2D eigenvalue weighted by atomic mass is 9.92. The molecule has 1 aliphatic heterocycles. The number of hydrogen-bond donors (Lipinski definition) is 1. The summed E-state index contributed by atoms with van der Waals surface area (Å²) < 4.78 is 1.32. The van der Waals surface area contributed by atoms with Crippen LogP contribution in [-0.2, 0) is 16.1 Å². The zero-order valence-electron chi connectivity index (χ0n) is 12.2. The van der Waals surface area contributed by atoms with Crippen molar-refractivity contribution in [1.29, 1.82) is 0 Å². The topological polar surface area (TPSA) is 119 Å². The lowest BCUT2D eigenvalue weighted by Crippen LogP contribution is -2.49. The molecule has 9 heteroatoms. The first kappa shape index (κ1) is 15.9. The van der Waals surface area contributed by atoms with Gasteiger partial charge in [0.15, 0.2) is 0 Å². The summed E-state index contributed by atoms with van der Waals surface area (Å²) in [5.41, 5.74) is -0.136. The Hall–Kier alpha value is -2.45. The van der Waals surface area contributed by atoms with Gasteiger partial charge in [-0.05, 0) is 18.8 Å². The predicted molar refractivity (Wildman–Crippen MR) is 75.0 cm³/mol. The summed E-state index contributed by atoms with van der Waals surface area (Å²) in [5, 5.41) is 23.6. The summed E-state index contributed by atoms with van der Waals surface area (Å²) in [7, 11) is 0. The fourth-order valence-corrected chi connectivity index (χ4v) is 2.60. The highest BCUT2D eigenvalue weighted by molar-refractivity contribution is 5.83. The van der Waals surface area contributed by atoms with Gasteiger partial charge in [0.25, 0.3) is 0 Å². The van der Waals surface area contributed by atoms with E-state index in [4.69, 9.17) is 0 Å². The molecule has 120 valence electrons. The maximum atomic E-state index is 12.2. The van der Waals surface area contributed by atoms with Crippen molar-refractivity contribution in [2.45, 2.75) is 38.8 Å². The van der Waals surface area contributed by atoms with Gasteiger partial charge in [-0.25, -0.2) is 4.79 Å². The normalized spacial score (nSPS) is 21.6. The van der Waals surface area contributed by atoms with E-state index < -0.39 is 16.9 Å². The molecular weight excluding hydrogens is 292 g/mol. The van der Waals surface area contributed by atoms with Gasteiger partial charge in [0, 0.05) is 19.5 Å². The lowest BCUT2D eigenvalue weighted by molar-refractivity contribution is -0.385. The molecule has 2 rings (SSSR count). The molecule has 2 heterocycles.